The summed E-state index contributed by atoms with van der Waals surface area (Å²) in [5, 5.41) is 9.91. The van der Waals surface area contributed by atoms with E-state index < -0.39 is 6.10 Å². The van der Waals surface area contributed by atoms with Gasteiger partial charge < -0.3 is 9.52 Å². The summed E-state index contributed by atoms with van der Waals surface area (Å²) in [7, 11) is 0. The highest BCUT2D eigenvalue weighted by Gasteiger charge is 2.15. The molecule has 1 aromatic carbocycles. The highest BCUT2D eigenvalue weighted by molar-refractivity contribution is 9.10. The molecule has 0 saturated carbocycles. The van der Waals surface area contributed by atoms with Gasteiger partial charge in [-0.3, -0.25) is 0 Å². The van der Waals surface area contributed by atoms with E-state index in [1.807, 2.05) is 0 Å². The molecular weight excluding hydrogens is 275 g/mol. The average Bonchev–Trinajstić information content (AvgIpc) is 2.68. The molecule has 0 saturated heterocycles. The summed E-state index contributed by atoms with van der Waals surface area (Å²) in [6.45, 7) is 0. The van der Waals surface area contributed by atoms with Crippen LogP contribution in [0.1, 0.15) is 17.2 Å². The average molecular weight is 285 g/mol. The number of rotatable bonds is 3. The van der Waals surface area contributed by atoms with Crippen LogP contribution in [0.2, 0.25) is 0 Å². The lowest BCUT2D eigenvalue weighted by atomic mass is 10.0. The van der Waals surface area contributed by atoms with Gasteiger partial charge >= 0.3 is 0 Å². The second kappa shape index (κ2) is 4.80. The fraction of sp³-hybridized carbons (Fsp3) is 0.167. The van der Waals surface area contributed by atoms with Gasteiger partial charge in [-0.25, -0.2) is 4.39 Å². The van der Waals surface area contributed by atoms with E-state index in [-0.39, 0.29) is 12.2 Å². The van der Waals surface area contributed by atoms with Gasteiger partial charge in [0.2, 0.25) is 0 Å². The minimum Gasteiger partial charge on any atom is -0.457 e. The van der Waals surface area contributed by atoms with Crippen molar-refractivity contribution in [2.24, 2.45) is 0 Å². The van der Waals surface area contributed by atoms with E-state index in [2.05, 4.69) is 15.9 Å². The zero-order chi connectivity index (χ0) is 11.5. The van der Waals surface area contributed by atoms with Crippen LogP contribution in [0.4, 0.5) is 4.39 Å². The third-order valence-electron chi connectivity index (χ3n) is 2.38. The van der Waals surface area contributed by atoms with Gasteiger partial charge in [0.25, 0.3) is 0 Å². The largest absolute Gasteiger partial charge is 0.457 e. The molecule has 1 N–H and O–H groups in total. The lowest BCUT2D eigenvalue weighted by Gasteiger charge is -2.09. The summed E-state index contributed by atoms with van der Waals surface area (Å²) >= 11 is 3.18. The van der Waals surface area contributed by atoms with Crippen molar-refractivity contribution in [3.8, 4) is 0 Å². The molecule has 0 radical (unpaired) electrons. The maximum atomic E-state index is 13.3. The van der Waals surface area contributed by atoms with Crippen LogP contribution in [-0.4, -0.2) is 5.11 Å². The number of hydrogen-bond donors (Lipinski definition) is 1. The Morgan fingerprint density at radius 1 is 1.31 bits per heavy atom. The first-order valence-electron chi connectivity index (χ1n) is 4.83. The first-order valence-corrected chi connectivity index (χ1v) is 5.62. The van der Waals surface area contributed by atoms with Crippen LogP contribution in [0.15, 0.2) is 45.7 Å². The summed E-state index contributed by atoms with van der Waals surface area (Å²) in [4.78, 5) is 0. The van der Waals surface area contributed by atoms with Crippen molar-refractivity contribution >= 4 is 15.9 Å². The minimum absolute atomic E-state index is 0.227. The van der Waals surface area contributed by atoms with E-state index in [0.29, 0.717) is 15.8 Å². The Hall–Kier alpha value is -1.13. The fourth-order valence-corrected chi connectivity index (χ4v) is 2.03. The zero-order valence-corrected chi connectivity index (χ0v) is 9.95. The molecule has 0 amide bonds. The van der Waals surface area contributed by atoms with Gasteiger partial charge in [-0.15, -0.1) is 0 Å². The van der Waals surface area contributed by atoms with Crippen molar-refractivity contribution in [1.29, 1.82) is 0 Å². The van der Waals surface area contributed by atoms with Crippen molar-refractivity contribution in [2.45, 2.75) is 12.5 Å². The zero-order valence-electron chi connectivity index (χ0n) is 8.36. The fourth-order valence-electron chi connectivity index (χ4n) is 1.52. The number of benzene rings is 1. The normalized spacial score (nSPS) is 12.7. The van der Waals surface area contributed by atoms with Crippen molar-refractivity contribution in [1.82, 2.24) is 0 Å². The number of aliphatic hydroxyl groups is 1. The molecule has 16 heavy (non-hydrogen) atoms. The van der Waals surface area contributed by atoms with Crippen LogP contribution in [0, 0.1) is 5.82 Å². The van der Waals surface area contributed by atoms with Crippen LogP contribution in [0.3, 0.4) is 0 Å². The first kappa shape index (κ1) is 11.4. The SMILES string of the molecule is OC(Cc1ccccc1F)c1ccoc1Br. The summed E-state index contributed by atoms with van der Waals surface area (Å²) in [5.41, 5.74) is 1.12. The first-order chi connectivity index (χ1) is 7.68. The molecule has 0 aliphatic carbocycles. The van der Waals surface area contributed by atoms with Crippen molar-refractivity contribution < 1.29 is 13.9 Å². The van der Waals surface area contributed by atoms with Crippen LogP contribution < -0.4 is 0 Å². The van der Waals surface area contributed by atoms with E-state index in [0.717, 1.165) is 0 Å². The molecule has 2 aromatic rings. The second-order valence-electron chi connectivity index (χ2n) is 3.46. The van der Waals surface area contributed by atoms with Crippen LogP contribution in [0.5, 0.6) is 0 Å². The summed E-state index contributed by atoms with van der Waals surface area (Å²) in [6.07, 6.45) is 0.930. The predicted octanol–water partition coefficient (Wildman–Crippen LogP) is 3.46. The lowest BCUT2D eigenvalue weighted by Crippen LogP contribution is -2.02. The molecule has 2 nitrogen and oxygen atoms in total. The molecule has 0 fully saturated rings. The summed E-state index contributed by atoms with van der Waals surface area (Å²) < 4.78 is 18.8. The molecule has 1 unspecified atom stereocenters. The molecule has 0 aliphatic rings. The number of aliphatic hydroxyl groups excluding tert-OH is 1. The molecule has 1 atom stereocenters. The Morgan fingerprint density at radius 3 is 2.69 bits per heavy atom. The number of furan rings is 1. The quantitative estimate of drug-likeness (QED) is 0.937. The van der Waals surface area contributed by atoms with Gasteiger partial charge in [0.05, 0.1) is 12.4 Å². The maximum absolute atomic E-state index is 13.3. The monoisotopic (exact) mass is 284 g/mol. The topological polar surface area (TPSA) is 33.4 Å². The molecule has 2 rings (SSSR count). The molecule has 0 bridgehead atoms. The molecule has 84 valence electrons. The highest BCUT2D eigenvalue weighted by Crippen LogP contribution is 2.27. The minimum atomic E-state index is -0.773. The Balaban J connectivity index is 2.17. The van der Waals surface area contributed by atoms with Gasteiger partial charge in [0, 0.05) is 12.0 Å². The predicted molar refractivity (Wildman–Crippen MR) is 61.5 cm³/mol. The molecular formula is C12H10BrFO2. The lowest BCUT2D eigenvalue weighted by molar-refractivity contribution is 0.175. The Morgan fingerprint density at radius 2 is 2.06 bits per heavy atom. The third-order valence-corrected chi connectivity index (χ3v) is 3.02. The molecule has 0 spiro atoms. The van der Waals surface area contributed by atoms with Gasteiger partial charge in [-0.2, -0.15) is 0 Å². The van der Waals surface area contributed by atoms with Gasteiger partial charge in [0.15, 0.2) is 4.67 Å². The number of hydrogen-bond acceptors (Lipinski definition) is 2. The Kier molecular flexibility index (Phi) is 3.41. The van der Waals surface area contributed by atoms with E-state index in [1.165, 1.54) is 12.3 Å². The maximum Gasteiger partial charge on any atom is 0.174 e. The number of halogens is 2. The summed E-state index contributed by atoms with van der Waals surface area (Å²) in [6, 6.07) is 8.07. The van der Waals surface area contributed by atoms with Crippen molar-refractivity contribution in [3.63, 3.8) is 0 Å². The highest BCUT2D eigenvalue weighted by atomic mass is 79.9. The summed E-state index contributed by atoms with van der Waals surface area (Å²) in [5.74, 6) is -0.304. The van der Waals surface area contributed by atoms with Crippen LogP contribution in [-0.2, 0) is 6.42 Å². The molecule has 4 heteroatoms. The van der Waals surface area contributed by atoms with Crippen molar-refractivity contribution in [2.75, 3.05) is 0 Å². The van der Waals surface area contributed by atoms with Gasteiger partial charge in [-0.05, 0) is 33.6 Å². The second-order valence-corrected chi connectivity index (χ2v) is 4.18. The Bertz CT molecular complexity index is 481. The van der Waals surface area contributed by atoms with Crippen molar-refractivity contribution in [3.05, 3.63) is 58.2 Å². The van der Waals surface area contributed by atoms with E-state index in [9.17, 15) is 9.50 Å². The van der Waals surface area contributed by atoms with Gasteiger partial charge in [-0.1, -0.05) is 18.2 Å². The Labute approximate surface area is 101 Å². The molecule has 1 heterocycles. The van der Waals surface area contributed by atoms with E-state index >= 15 is 0 Å². The van der Waals surface area contributed by atoms with Crippen LogP contribution >= 0.6 is 15.9 Å². The standard InChI is InChI=1S/C12H10BrFO2/c13-12-9(5-6-16-12)11(15)7-8-3-1-2-4-10(8)14/h1-6,11,15H,7H2. The van der Waals surface area contributed by atoms with Gasteiger partial charge in [0.1, 0.15) is 5.82 Å². The molecule has 1 aromatic heterocycles. The van der Waals surface area contributed by atoms with E-state index in [1.54, 1.807) is 24.3 Å². The molecule has 0 aliphatic heterocycles. The smallest absolute Gasteiger partial charge is 0.174 e. The third kappa shape index (κ3) is 2.33. The van der Waals surface area contributed by atoms with Crippen LogP contribution in [0.25, 0.3) is 0 Å². The van der Waals surface area contributed by atoms with E-state index in [4.69, 9.17) is 4.42 Å².